The fourth-order valence-electron chi connectivity index (χ4n) is 2.07. The maximum atomic E-state index is 13.5. The topological polar surface area (TPSA) is 87.4 Å². The van der Waals surface area contributed by atoms with E-state index in [-0.39, 0.29) is 0 Å². The Kier molecular flexibility index (Phi) is 2.70. The zero-order valence-electron chi connectivity index (χ0n) is 10.9. The van der Waals surface area contributed by atoms with E-state index < -0.39 is 5.82 Å². The maximum absolute atomic E-state index is 13.5. The average molecular weight is 273 g/mol. The highest BCUT2D eigenvalue weighted by Crippen LogP contribution is 2.23. The first-order chi connectivity index (χ1) is 9.54. The third-order valence-corrected chi connectivity index (χ3v) is 2.86. The Hall–Kier alpha value is -2.77. The summed E-state index contributed by atoms with van der Waals surface area (Å²) in [6.07, 6.45) is 1.79. The summed E-state index contributed by atoms with van der Waals surface area (Å²) in [5.41, 5.74) is 7.98. The number of hydrogen-bond acceptors (Lipinski definition) is 5. The van der Waals surface area contributed by atoms with Crippen LogP contribution in [0, 0.1) is 12.7 Å². The number of aryl methyl sites for hydroxylation is 2. The van der Waals surface area contributed by atoms with Crippen molar-refractivity contribution in [3.8, 4) is 17.1 Å². The Morgan fingerprint density at radius 3 is 2.70 bits per heavy atom. The molecule has 7 nitrogen and oxygen atoms in total. The summed E-state index contributed by atoms with van der Waals surface area (Å²) in [4.78, 5) is 0. The number of anilines is 1. The van der Waals surface area contributed by atoms with Crippen LogP contribution >= 0.6 is 0 Å². The lowest BCUT2D eigenvalue weighted by atomic mass is 10.2. The van der Waals surface area contributed by atoms with Crippen LogP contribution in [0.3, 0.4) is 0 Å². The van der Waals surface area contributed by atoms with Gasteiger partial charge in [0.1, 0.15) is 11.5 Å². The monoisotopic (exact) mass is 273 g/mol. The summed E-state index contributed by atoms with van der Waals surface area (Å²) in [5, 5.41) is 15.8. The predicted octanol–water partition coefficient (Wildman–Crippen LogP) is 1.09. The second-order valence-corrected chi connectivity index (χ2v) is 4.46. The Labute approximate surface area is 113 Å². The number of nitrogens with two attached hydrogens (primary N) is 1. The van der Waals surface area contributed by atoms with E-state index in [1.54, 1.807) is 24.0 Å². The van der Waals surface area contributed by atoms with Crippen molar-refractivity contribution in [3.05, 3.63) is 35.9 Å². The molecule has 0 saturated carbocycles. The first kappa shape index (κ1) is 12.3. The van der Waals surface area contributed by atoms with Crippen LogP contribution in [0.5, 0.6) is 0 Å². The Balaban J connectivity index is 2.17. The molecule has 0 radical (unpaired) electrons. The van der Waals surface area contributed by atoms with Gasteiger partial charge in [-0.3, -0.25) is 4.68 Å². The molecule has 0 amide bonds. The van der Waals surface area contributed by atoms with E-state index in [1.165, 1.54) is 16.8 Å². The molecule has 0 saturated heterocycles. The minimum atomic E-state index is -0.433. The van der Waals surface area contributed by atoms with E-state index in [9.17, 15) is 4.39 Å². The Bertz CT molecular complexity index is 754. The molecule has 0 aliphatic rings. The highest BCUT2D eigenvalue weighted by molar-refractivity contribution is 5.62. The molecule has 0 fully saturated rings. The van der Waals surface area contributed by atoms with Crippen molar-refractivity contribution in [1.82, 2.24) is 30.0 Å². The number of aromatic nitrogens is 6. The molecule has 0 atom stereocenters. The van der Waals surface area contributed by atoms with Gasteiger partial charge in [-0.2, -0.15) is 9.78 Å². The Morgan fingerprint density at radius 2 is 2.05 bits per heavy atom. The molecule has 0 unspecified atom stereocenters. The molecule has 2 N–H and O–H groups in total. The maximum Gasteiger partial charge on any atom is 0.187 e. The van der Waals surface area contributed by atoms with Crippen LogP contribution in [0.15, 0.2) is 24.4 Å². The predicted molar refractivity (Wildman–Crippen MR) is 70.5 cm³/mol. The van der Waals surface area contributed by atoms with Crippen molar-refractivity contribution in [2.75, 3.05) is 5.73 Å². The van der Waals surface area contributed by atoms with Crippen LogP contribution in [-0.4, -0.2) is 30.0 Å². The molecular weight excluding hydrogens is 261 g/mol. The number of nitrogens with zero attached hydrogens (tertiary/aromatic N) is 6. The largest absolute Gasteiger partial charge is 0.399 e. The summed E-state index contributed by atoms with van der Waals surface area (Å²) in [7, 11) is 1.81. The average Bonchev–Trinajstić information content (AvgIpc) is 2.94. The molecule has 102 valence electrons. The molecule has 0 bridgehead atoms. The second kappa shape index (κ2) is 4.41. The first-order valence-electron chi connectivity index (χ1n) is 5.90. The van der Waals surface area contributed by atoms with Gasteiger partial charge in [-0.15, -0.1) is 5.10 Å². The minimum Gasteiger partial charge on any atom is -0.399 e. The number of tetrazole rings is 1. The SMILES string of the molecule is Cc1nn(C)cc1-n1nnnc1-c1cc(N)cc(F)c1. The molecule has 3 aromatic rings. The van der Waals surface area contributed by atoms with Crippen LogP contribution in [0.4, 0.5) is 10.1 Å². The van der Waals surface area contributed by atoms with Crippen molar-refractivity contribution in [2.45, 2.75) is 6.92 Å². The van der Waals surface area contributed by atoms with Gasteiger partial charge in [0.05, 0.1) is 11.9 Å². The van der Waals surface area contributed by atoms with Crippen molar-refractivity contribution < 1.29 is 4.39 Å². The summed E-state index contributed by atoms with van der Waals surface area (Å²) < 4.78 is 16.6. The fraction of sp³-hybridized carbons (Fsp3) is 0.167. The highest BCUT2D eigenvalue weighted by atomic mass is 19.1. The summed E-state index contributed by atoms with van der Waals surface area (Å²) >= 11 is 0. The third kappa shape index (κ3) is 2.00. The molecule has 2 heterocycles. The lowest BCUT2D eigenvalue weighted by molar-refractivity contribution is 0.628. The lowest BCUT2D eigenvalue weighted by Crippen LogP contribution is -2.01. The van der Waals surface area contributed by atoms with Gasteiger partial charge in [0.2, 0.25) is 0 Å². The van der Waals surface area contributed by atoms with Gasteiger partial charge < -0.3 is 5.73 Å². The smallest absolute Gasteiger partial charge is 0.187 e. The van der Waals surface area contributed by atoms with Crippen molar-refractivity contribution in [3.63, 3.8) is 0 Å². The van der Waals surface area contributed by atoms with Gasteiger partial charge in [0, 0.05) is 18.3 Å². The molecule has 0 aliphatic heterocycles. The fourth-order valence-corrected chi connectivity index (χ4v) is 2.07. The van der Waals surface area contributed by atoms with Crippen molar-refractivity contribution in [1.29, 1.82) is 0 Å². The van der Waals surface area contributed by atoms with Crippen LogP contribution in [0.2, 0.25) is 0 Å². The lowest BCUT2D eigenvalue weighted by Gasteiger charge is -2.04. The number of rotatable bonds is 2. The molecular formula is C12H12FN7. The Morgan fingerprint density at radius 1 is 1.25 bits per heavy atom. The molecule has 2 aromatic heterocycles. The highest BCUT2D eigenvalue weighted by Gasteiger charge is 2.15. The third-order valence-electron chi connectivity index (χ3n) is 2.86. The standard InChI is InChI=1S/C12H12FN7/c1-7-11(6-19(2)16-7)20-12(15-17-18-20)8-3-9(13)5-10(14)4-8/h3-6H,14H2,1-2H3. The second-order valence-electron chi connectivity index (χ2n) is 4.46. The zero-order chi connectivity index (χ0) is 14.3. The summed E-state index contributed by atoms with van der Waals surface area (Å²) in [6, 6.07) is 4.20. The normalized spacial score (nSPS) is 10.9. The van der Waals surface area contributed by atoms with Gasteiger partial charge in [0.25, 0.3) is 0 Å². The summed E-state index contributed by atoms with van der Waals surface area (Å²) in [6.45, 7) is 1.85. The number of halogens is 1. The zero-order valence-corrected chi connectivity index (χ0v) is 10.9. The molecule has 8 heteroatoms. The molecule has 0 aliphatic carbocycles. The molecule has 0 spiro atoms. The van der Waals surface area contributed by atoms with Gasteiger partial charge in [0.15, 0.2) is 5.82 Å². The van der Waals surface area contributed by atoms with Gasteiger partial charge in [-0.1, -0.05) is 0 Å². The van der Waals surface area contributed by atoms with E-state index >= 15 is 0 Å². The minimum absolute atomic E-state index is 0.317. The number of hydrogen-bond donors (Lipinski definition) is 1. The number of nitrogen functional groups attached to an aromatic ring is 1. The van der Waals surface area contributed by atoms with Gasteiger partial charge >= 0.3 is 0 Å². The first-order valence-corrected chi connectivity index (χ1v) is 5.90. The molecule has 20 heavy (non-hydrogen) atoms. The van der Waals surface area contributed by atoms with Crippen molar-refractivity contribution in [2.24, 2.45) is 7.05 Å². The number of benzene rings is 1. The van der Waals surface area contributed by atoms with Crippen LogP contribution in [-0.2, 0) is 7.05 Å². The quantitative estimate of drug-likeness (QED) is 0.706. The van der Waals surface area contributed by atoms with Crippen LogP contribution < -0.4 is 5.73 Å². The van der Waals surface area contributed by atoms with E-state index in [2.05, 4.69) is 20.6 Å². The van der Waals surface area contributed by atoms with E-state index in [0.29, 0.717) is 17.1 Å². The van der Waals surface area contributed by atoms with Gasteiger partial charge in [-0.05, 0) is 35.5 Å². The van der Waals surface area contributed by atoms with Crippen LogP contribution in [0.25, 0.3) is 17.1 Å². The molecule has 1 aromatic carbocycles. The van der Waals surface area contributed by atoms with E-state index in [4.69, 9.17) is 5.73 Å². The van der Waals surface area contributed by atoms with E-state index in [1.807, 2.05) is 6.92 Å². The van der Waals surface area contributed by atoms with Crippen LogP contribution in [0.1, 0.15) is 5.69 Å². The van der Waals surface area contributed by atoms with Crippen molar-refractivity contribution >= 4 is 5.69 Å². The summed E-state index contributed by atoms with van der Waals surface area (Å²) in [5.74, 6) is -0.0234. The molecule has 3 rings (SSSR count). The van der Waals surface area contributed by atoms with Gasteiger partial charge in [-0.25, -0.2) is 4.39 Å². The van der Waals surface area contributed by atoms with E-state index in [0.717, 1.165) is 11.4 Å².